The molecule has 1 unspecified atom stereocenters. The predicted molar refractivity (Wildman–Crippen MR) is 49.9 cm³/mol. The van der Waals surface area contributed by atoms with Crippen LogP contribution in [0.15, 0.2) is 0 Å². The molecule has 0 amide bonds. The quantitative estimate of drug-likeness (QED) is 0.620. The van der Waals surface area contributed by atoms with E-state index in [1.165, 1.54) is 0 Å². The van der Waals surface area contributed by atoms with Crippen LogP contribution in [-0.2, 0) is 13.3 Å². The van der Waals surface area contributed by atoms with E-state index in [0.717, 1.165) is 6.54 Å². The fraction of sp³-hybridized carbons (Fsp3) is 1.00. The first-order chi connectivity index (χ1) is 5.66. The van der Waals surface area contributed by atoms with Gasteiger partial charge in [0.1, 0.15) is 0 Å². The first-order valence-corrected chi connectivity index (χ1v) is 5.85. The number of hydrogen-bond acceptors (Lipinski definition) is 4. The van der Waals surface area contributed by atoms with Crippen molar-refractivity contribution >= 4 is 8.80 Å². The van der Waals surface area contributed by atoms with Crippen LogP contribution in [0.3, 0.4) is 0 Å². The van der Waals surface area contributed by atoms with E-state index in [1.807, 2.05) is 13.8 Å². The molecular formula is C7H19NO3Si. The predicted octanol–water partition coefficient (Wildman–Crippen LogP) is 0.402. The van der Waals surface area contributed by atoms with Crippen molar-refractivity contribution < 1.29 is 13.3 Å². The van der Waals surface area contributed by atoms with Crippen molar-refractivity contribution in [3.63, 3.8) is 0 Å². The Morgan fingerprint density at radius 2 is 1.58 bits per heavy atom. The van der Waals surface area contributed by atoms with Gasteiger partial charge >= 0.3 is 8.80 Å². The van der Waals surface area contributed by atoms with Gasteiger partial charge in [-0.3, -0.25) is 0 Å². The summed E-state index contributed by atoms with van der Waals surface area (Å²) in [6.07, 6.45) is 0. The highest BCUT2D eigenvalue weighted by atomic mass is 28.4. The summed E-state index contributed by atoms with van der Waals surface area (Å²) < 4.78 is 15.8. The molecule has 0 aromatic heterocycles. The fourth-order valence-electron chi connectivity index (χ4n) is 1.21. The highest BCUT2D eigenvalue weighted by Gasteiger charge is 2.44. The molecule has 0 spiro atoms. The van der Waals surface area contributed by atoms with Crippen LogP contribution in [-0.4, -0.2) is 42.3 Å². The van der Waals surface area contributed by atoms with Crippen LogP contribution < -0.4 is 5.32 Å². The highest BCUT2D eigenvalue weighted by molar-refractivity contribution is 6.62. The van der Waals surface area contributed by atoms with Crippen LogP contribution in [0, 0.1) is 0 Å². The summed E-state index contributed by atoms with van der Waals surface area (Å²) in [5.74, 6) is 0. The van der Waals surface area contributed by atoms with E-state index in [4.69, 9.17) is 13.3 Å². The Balaban J connectivity index is 4.24. The normalized spacial score (nSPS) is 14.8. The van der Waals surface area contributed by atoms with E-state index in [9.17, 15) is 0 Å². The minimum Gasteiger partial charge on any atom is -0.376 e. The fourth-order valence-corrected chi connectivity index (χ4v) is 3.23. The summed E-state index contributed by atoms with van der Waals surface area (Å²) >= 11 is 0. The van der Waals surface area contributed by atoms with Crippen molar-refractivity contribution in [2.45, 2.75) is 19.5 Å². The lowest BCUT2D eigenvalue weighted by atomic mass is 10.7. The first kappa shape index (κ1) is 12.1. The van der Waals surface area contributed by atoms with Crippen LogP contribution in [0.1, 0.15) is 13.8 Å². The zero-order valence-electron chi connectivity index (χ0n) is 8.51. The standard InChI is InChI=1S/C7H19NO3Si/c1-6-8-7(2)12(9-3,10-4)11-5/h7-8H,6H2,1-5H3. The van der Waals surface area contributed by atoms with Crippen LogP contribution in [0.2, 0.25) is 0 Å². The molecule has 0 aliphatic carbocycles. The summed E-state index contributed by atoms with van der Waals surface area (Å²) in [6.45, 7) is 4.93. The summed E-state index contributed by atoms with van der Waals surface area (Å²) in [4.78, 5) is 0. The van der Waals surface area contributed by atoms with Crippen LogP contribution in [0.4, 0.5) is 0 Å². The molecule has 0 aliphatic heterocycles. The Kier molecular flexibility index (Phi) is 5.69. The van der Waals surface area contributed by atoms with Gasteiger partial charge in [-0.25, -0.2) is 0 Å². The van der Waals surface area contributed by atoms with E-state index in [-0.39, 0.29) is 5.67 Å². The van der Waals surface area contributed by atoms with Gasteiger partial charge in [-0.15, -0.1) is 0 Å². The summed E-state index contributed by atoms with van der Waals surface area (Å²) in [5.41, 5.74) is 0.127. The molecule has 0 fully saturated rings. The zero-order chi connectivity index (χ0) is 9.61. The molecule has 1 atom stereocenters. The maximum Gasteiger partial charge on any atom is 0.517 e. The van der Waals surface area contributed by atoms with E-state index < -0.39 is 8.80 Å². The Bertz CT molecular complexity index is 111. The summed E-state index contributed by atoms with van der Waals surface area (Å²) in [7, 11) is 2.40. The summed E-state index contributed by atoms with van der Waals surface area (Å²) in [6, 6.07) is 0. The van der Waals surface area contributed by atoms with Crippen LogP contribution in [0.5, 0.6) is 0 Å². The minimum atomic E-state index is -2.45. The molecule has 0 bridgehead atoms. The largest absolute Gasteiger partial charge is 0.517 e. The zero-order valence-corrected chi connectivity index (χ0v) is 9.51. The van der Waals surface area contributed by atoms with Gasteiger partial charge in [0, 0.05) is 21.3 Å². The van der Waals surface area contributed by atoms with Crippen molar-refractivity contribution in [1.29, 1.82) is 0 Å². The average molecular weight is 193 g/mol. The molecule has 0 saturated carbocycles. The van der Waals surface area contributed by atoms with E-state index in [0.29, 0.717) is 0 Å². The molecule has 4 nitrogen and oxygen atoms in total. The van der Waals surface area contributed by atoms with Gasteiger partial charge in [0.15, 0.2) is 0 Å². The molecule has 0 saturated heterocycles. The molecule has 5 heteroatoms. The monoisotopic (exact) mass is 193 g/mol. The smallest absolute Gasteiger partial charge is 0.376 e. The van der Waals surface area contributed by atoms with Crippen molar-refractivity contribution in [2.24, 2.45) is 0 Å². The average Bonchev–Trinajstić information content (AvgIpc) is 2.09. The maximum atomic E-state index is 5.28. The topological polar surface area (TPSA) is 39.7 Å². The summed E-state index contributed by atoms with van der Waals surface area (Å²) in [5, 5.41) is 3.23. The SMILES string of the molecule is CCNC(C)[Si](OC)(OC)OC. The molecule has 0 aliphatic rings. The number of nitrogens with one attached hydrogen (secondary N) is 1. The van der Waals surface area contributed by atoms with Gasteiger partial charge in [0.2, 0.25) is 0 Å². The van der Waals surface area contributed by atoms with Gasteiger partial charge in [-0.1, -0.05) is 6.92 Å². The van der Waals surface area contributed by atoms with Gasteiger partial charge in [0.25, 0.3) is 0 Å². The van der Waals surface area contributed by atoms with Gasteiger partial charge in [-0.05, 0) is 13.5 Å². The van der Waals surface area contributed by atoms with Crippen molar-refractivity contribution in [1.82, 2.24) is 5.32 Å². The lowest BCUT2D eigenvalue weighted by Crippen LogP contribution is -2.58. The molecular weight excluding hydrogens is 174 g/mol. The molecule has 0 rings (SSSR count). The van der Waals surface area contributed by atoms with E-state index in [2.05, 4.69) is 5.32 Å². The number of hydrogen-bond donors (Lipinski definition) is 1. The van der Waals surface area contributed by atoms with Gasteiger partial charge in [-0.2, -0.15) is 0 Å². The van der Waals surface area contributed by atoms with Crippen LogP contribution in [0.25, 0.3) is 0 Å². The Labute approximate surface area is 75.6 Å². The Hall–Kier alpha value is 0.0569. The lowest BCUT2D eigenvalue weighted by molar-refractivity contribution is 0.110. The third-order valence-corrected chi connectivity index (χ3v) is 4.87. The highest BCUT2D eigenvalue weighted by Crippen LogP contribution is 2.10. The lowest BCUT2D eigenvalue weighted by Gasteiger charge is -2.30. The van der Waals surface area contributed by atoms with Crippen molar-refractivity contribution in [2.75, 3.05) is 27.9 Å². The molecule has 0 aromatic carbocycles. The molecule has 0 radical (unpaired) electrons. The van der Waals surface area contributed by atoms with E-state index >= 15 is 0 Å². The van der Waals surface area contributed by atoms with E-state index in [1.54, 1.807) is 21.3 Å². The number of rotatable bonds is 6. The molecule has 1 N–H and O–H groups in total. The third kappa shape index (κ3) is 2.53. The van der Waals surface area contributed by atoms with Crippen molar-refractivity contribution in [3.8, 4) is 0 Å². The molecule has 12 heavy (non-hydrogen) atoms. The van der Waals surface area contributed by atoms with Gasteiger partial charge in [0.05, 0.1) is 5.67 Å². The third-order valence-electron chi connectivity index (χ3n) is 1.89. The van der Waals surface area contributed by atoms with Crippen molar-refractivity contribution in [3.05, 3.63) is 0 Å². The molecule has 0 heterocycles. The molecule has 0 aromatic rings. The molecule has 74 valence electrons. The Morgan fingerprint density at radius 3 is 1.83 bits per heavy atom. The first-order valence-electron chi connectivity index (χ1n) is 4.05. The second kappa shape index (κ2) is 5.66. The Morgan fingerprint density at radius 1 is 1.17 bits per heavy atom. The minimum absolute atomic E-state index is 0.127. The van der Waals surface area contributed by atoms with Gasteiger partial charge < -0.3 is 18.6 Å². The maximum absolute atomic E-state index is 5.28. The second-order valence-electron chi connectivity index (χ2n) is 2.50. The second-order valence-corrected chi connectivity index (χ2v) is 5.79. The van der Waals surface area contributed by atoms with Crippen LogP contribution >= 0.6 is 0 Å².